The Balaban J connectivity index is -0.00000143. The van der Waals surface area contributed by atoms with Crippen molar-refractivity contribution < 1.29 is 133 Å². The molecule has 3 aromatic carbocycles. The van der Waals surface area contributed by atoms with Crippen molar-refractivity contribution >= 4 is 53.7 Å². The van der Waals surface area contributed by atoms with Crippen LogP contribution in [0.15, 0.2) is 78.9 Å². The Labute approximate surface area is 801 Å². The fraction of sp³-hybridized carbons (Fsp3) is 0.743. The summed E-state index contributed by atoms with van der Waals surface area (Å²) >= 11 is 0. The fourth-order valence-electron chi connectivity index (χ4n) is 10.1. The second kappa shape index (κ2) is 72.5. The Morgan fingerprint density at radius 1 is 0.353 bits per heavy atom. The van der Waals surface area contributed by atoms with Gasteiger partial charge in [-0.05, 0) is 255 Å². The summed E-state index contributed by atoms with van der Waals surface area (Å²) in [5, 5.41) is 0. The van der Waals surface area contributed by atoms with Gasteiger partial charge in [-0.2, -0.15) is 0 Å². The standard InChI is InChI=1S/2C14H22O2.C13H24O3.C13H18O2.2C11H22O4.2C10H16O4.C9H18O3/c2*1-5-11(3)13-7-9-14(10-8-13)16-12(4)15-6-2;1-4-13(2,3)12(14)16-10-15-11-8-6-5-7-9-11;1-4-13(2,3)12(14)15-10-11-8-6-5-7-9-11;2*1-5-11(2,3)10(12)15-9-8-14-7-6-13-4;2*1-4-10(2,3)9(12)14-7-5-6-13-8(7)11;1-5-9(3,4)8(10)12-7-11-6-2/h2*7-12H,5-6H2,1-4H3;11H,4-10H2,1-3H3;5-9H,4,10H2,1-3H3;2*5-9H2,1-4H3;2*7H,4-6H2,1-3H3;5-7H2,1-4H3. The van der Waals surface area contributed by atoms with Gasteiger partial charge >= 0.3 is 53.7 Å². The van der Waals surface area contributed by atoms with Crippen LogP contribution in [0.5, 0.6) is 11.5 Å². The fourth-order valence-corrected chi connectivity index (χ4v) is 10.1. The Kier molecular flexibility index (Phi) is 70.5. The summed E-state index contributed by atoms with van der Waals surface area (Å²) in [5.74, 6) is 0.625. The summed E-state index contributed by atoms with van der Waals surface area (Å²) in [6.07, 6.45) is 13.1. The smallest absolute Gasteiger partial charge is 0.347 e. The zero-order valence-corrected chi connectivity index (χ0v) is 88.1. The van der Waals surface area contributed by atoms with Gasteiger partial charge in [0.05, 0.1) is 96.9 Å². The average Bonchev–Trinajstić information content (AvgIpc) is 1.70. The molecule has 3 aromatic rings. The molecule has 0 bridgehead atoms. The van der Waals surface area contributed by atoms with E-state index in [0.717, 1.165) is 74.8 Å². The molecule has 768 valence electrons. The van der Waals surface area contributed by atoms with Crippen LogP contribution in [0.3, 0.4) is 0 Å². The summed E-state index contributed by atoms with van der Waals surface area (Å²) in [7, 11) is 3.24. The zero-order chi connectivity index (χ0) is 102. The largest absolute Gasteiger partial charge is 0.465 e. The van der Waals surface area contributed by atoms with E-state index in [1.165, 1.54) is 30.4 Å². The predicted molar refractivity (Wildman–Crippen MR) is 518 cm³/mol. The van der Waals surface area contributed by atoms with E-state index in [1.807, 2.05) is 207 Å². The van der Waals surface area contributed by atoms with Crippen LogP contribution < -0.4 is 9.47 Å². The lowest BCUT2D eigenvalue weighted by Gasteiger charge is -2.24. The van der Waals surface area contributed by atoms with Crippen molar-refractivity contribution in [3.8, 4) is 11.5 Å². The highest BCUT2D eigenvalue weighted by Gasteiger charge is 2.38. The Bertz CT molecular complexity index is 3390. The summed E-state index contributed by atoms with van der Waals surface area (Å²) in [6.45, 7) is 65.0. The molecule has 0 spiro atoms. The van der Waals surface area contributed by atoms with Gasteiger partial charge in [-0.3, -0.25) is 33.6 Å². The van der Waals surface area contributed by atoms with Gasteiger partial charge in [-0.15, -0.1) is 0 Å². The molecule has 133 heavy (non-hydrogen) atoms. The third-order valence-corrected chi connectivity index (χ3v) is 23.4. The molecule has 28 nitrogen and oxygen atoms in total. The predicted octanol–water partition coefficient (Wildman–Crippen LogP) is 22.1. The van der Waals surface area contributed by atoms with Crippen molar-refractivity contribution in [3.63, 3.8) is 0 Å². The lowest BCUT2D eigenvalue weighted by Crippen LogP contribution is -2.32. The maximum atomic E-state index is 11.6. The minimum atomic E-state index is -0.687. The number of cyclic esters (lactones) is 2. The quantitative estimate of drug-likeness (QED) is 0.0219. The molecular weight excluding hydrogens is 1710 g/mol. The molecule has 2 aliphatic heterocycles. The highest BCUT2D eigenvalue weighted by molar-refractivity contribution is 5.84. The van der Waals surface area contributed by atoms with Gasteiger partial charge in [-0.1, -0.05) is 150 Å². The third kappa shape index (κ3) is 59.0. The zero-order valence-electron chi connectivity index (χ0n) is 88.1. The number of benzene rings is 3. The van der Waals surface area contributed by atoms with Crippen LogP contribution in [-0.2, 0) is 130 Å². The highest BCUT2D eigenvalue weighted by Crippen LogP contribution is 2.31. The number of rotatable bonds is 48. The van der Waals surface area contributed by atoms with Crippen molar-refractivity contribution in [2.24, 2.45) is 37.9 Å². The first-order chi connectivity index (χ1) is 62.5. The number of ether oxygens (including phenoxy) is 19. The van der Waals surface area contributed by atoms with Gasteiger partial charge in [0.2, 0.25) is 12.2 Å². The minimum Gasteiger partial charge on any atom is -0.465 e. The van der Waals surface area contributed by atoms with Crippen LogP contribution in [0.25, 0.3) is 0 Å². The van der Waals surface area contributed by atoms with Crippen molar-refractivity contribution in [1.29, 1.82) is 0 Å². The van der Waals surface area contributed by atoms with E-state index >= 15 is 0 Å². The second-order valence-electron chi connectivity index (χ2n) is 37.0. The Morgan fingerprint density at radius 2 is 0.669 bits per heavy atom. The molecule has 1 aliphatic carbocycles. The van der Waals surface area contributed by atoms with Crippen molar-refractivity contribution in [3.05, 3.63) is 95.6 Å². The maximum Gasteiger partial charge on any atom is 0.347 e. The lowest BCUT2D eigenvalue weighted by molar-refractivity contribution is -0.172. The van der Waals surface area contributed by atoms with Gasteiger partial charge in [0, 0.05) is 46.9 Å². The van der Waals surface area contributed by atoms with Gasteiger partial charge < -0.3 is 90.0 Å². The first kappa shape index (κ1) is 129. The molecule has 0 N–H and O–H groups in total. The van der Waals surface area contributed by atoms with Crippen LogP contribution in [0.4, 0.5) is 0 Å². The van der Waals surface area contributed by atoms with Crippen molar-refractivity contribution in [2.45, 2.75) is 360 Å². The first-order valence-corrected chi connectivity index (χ1v) is 48.3. The molecule has 6 unspecified atom stereocenters. The summed E-state index contributed by atoms with van der Waals surface area (Å²) in [5.41, 5.74) is 0.739. The number of carbonyl (C=O) groups excluding carboxylic acids is 9. The average molecular weight is 1890 g/mol. The Hall–Kier alpha value is -7.83. The third-order valence-electron chi connectivity index (χ3n) is 23.4. The van der Waals surface area contributed by atoms with Crippen LogP contribution in [-0.4, -0.2) is 198 Å². The van der Waals surface area contributed by atoms with Crippen molar-refractivity contribution in [1.82, 2.24) is 0 Å². The van der Waals surface area contributed by atoms with Crippen LogP contribution in [0.1, 0.15) is 339 Å². The molecule has 6 atom stereocenters. The van der Waals surface area contributed by atoms with E-state index in [4.69, 9.17) is 90.0 Å². The highest BCUT2D eigenvalue weighted by atomic mass is 16.7. The number of hydrogen-bond acceptors (Lipinski definition) is 28. The van der Waals surface area contributed by atoms with E-state index in [9.17, 15) is 43.2 Å². The number of esters is 9. The molecule has 2 saturated heterocycles. The van der Waals surface area contributed by atoms with E-state index in [2.05, 4.69) is 52.0 Å². The first-order valence-electron chi connectivity index (χ1n) is 48.3. The van der Waals surface area contributed by atoms with E-state index in [0.29, 0.717) is 136 Å². The molecule has 0 amide bonds. The summed E-state index contributed by atoms with van der Waals surface area (Å²) < 4.78 is 97.2. The van der Waals surface area contributed by atoms with E-state index in [-0.39, 0.29) is 73.4 Å². The van der Waals surface area contributed by atoms with E-state index < -0.39 is 56.6 Å². The molecule has 2 heterocycles. The molecule has 3 fully saturated rings. The van der Waals surface area contributed by atoms with Gasteiger partial charge in [0.15, 0.2) is 26.2 Å². The molecule has 3 aliphatic rings. The molecule has 0 aromatic heterocycles. The van der Waals surface area contributed by atoms with Crippen molar-refractivity contribution in [2.75, 3.05) is 114 Å². The molecule has 28 heteroatoms. The number of methoxy groups -OCH3 is 2. The number of carbonyl (C=O) groups is 9. The van der Waals surface area contributed by atoms with Crippen LogP contribution in [0, 0.1) is 37.9 Å². The summed E-state index contributed by atoms with van der Waals surface area (Å²) in [6, 6.07) is 26.3. The minimum absolute atomic E-state index is 0.0682. The van der Waals surface area contributed by atoms with Gasteiger partial charge in [0.1, 0.15) is 31.3 Å². The molecule has 6 rings (SSSR count). The molecule has 0 radical (unpaired) electrons. The Morgan fingerprint density at radius 3 is 0.970 bits per heavy atom. The topological polar surface area (TPSA) is 329 Å². The lowest BCUT2D eigenvalue weighted by atomic mass is 9.90. The van der Waals surface area contributed by atoms with Crippen LogP contribution in [0.2, 0.25) is 0 Å². The van der Waals surface area contributed by atoms with Gasteiger partial charge in [-0.25, -0.2) is 9.59 Å². The number of hydrogen-bond donors (Lipinski definition) is 0. The normalized spacial score (nSPS) is 15.2. The second-order valence-corrected chi connectivity index (χ2v) is 37.0. The van der Waals surface area contributed by atoms with Gasteiger partial charge in [0.25, 0.3) is 0 Å². The monoisotopic (exact) mass is 1890 g/mol. The maximum absolute atomic E-state index is 11.6. The molecular formula is C105H180O28. The summed E-state index contributed by atoms with van der Waals surface area (Å²) in [4.78, 5) is 103. The van der Waals surface area contributed by atoms with E-state index in [1.54, 1.807) is 41.9 Å². The molecule has 1 saturated carbocycles. The van der Waals surface area contributed by atoms with Crippen LogP contribution >= 0.6 is 0 Å². The SMILES string of the molecule is CCC(C)(C)C(=O)OC1CCOC1=O.CCC(C)(C)C(=O)OC1CCOC1=O.CCC(C)(C)C(=O)OCCOCCOC.CCC(C)(C)C(=O)OCCOCCOC.CCC(C)(C)C(=O)OCOC1CCCCC1.CCC(C)(C)C(=O)OCc1ccccc1.CCOC(C)Oc1ccc(C(C)CC)cc1.CCOC(C)Oc1ccc(C(C)CC)cc1.CCOCOC(=O)C(C)(C)CC.